The molecule has 3 rings (SSSR count). The van der Waals surface area contributed by atoms with Crippen LogP contribution in [0.1, 0.15) is 32.6 Å². The highest BCUT2D eigenvalue weighted by molar-refractivity contribution is 5.96. The number of hydrogen-bond acceptors (Lipinski definition) is 3. The maximum atomic E-state index is 12.8. The summed E-state index contributed by atoms with van der Waals surface area (Å²) in [5, 5.41) is 4.06. The van der Waals surface area contributed by atoms with E-state index in [0.717, 1.165) is 42.3 Å². The molecule has 1 fully saturated rings. The van der Waals surface area contributed by atoms with Crippen molar-refractivity contribution in [3.63, 3.8) is 0 Å². The van der Waals surface area contributed by atoms with Crippen molar-refractivity contribution < 1.29 is 9.59 Å². The van der Waals surface area contributed by atoms with Crippen LogP contribution >= 0.6 is 12.4 Å². The molecular formula is C20H29ClN4O2. The maximum absolute atomic E-state index is 12.8. The van der Waals surface area contributed by atoms with E-state index in [0.29, 0.717) is 0 Å². The monoisotopic (exact) mass is 392 g/mol. The van der Waals surface area contributed by atoms with Gasteiger partial charge in [0, 0.05) is 31.5 Å². The number of aromatic nitrogens is 1. The number of benzene rings is 1. The molecule has 0 saturated heterocycles. The minimum atomic E-state index is -0.454. The smallest absolute Gasteiger partial charge is 0.241 e. The van der Waals surface area contributed by atoms with Gasteiger partial charge in [-0.2, -0.15) is 0 Å². The summed E-state index contributed by atoms with van der Waals surface area (Å²) >= 11 is 0. The molecule has 2 atom stereocenters. The third kappa shape index (κ3) is 4.62. The first-order valence-corrected chi connectivity index (χ1v) is 9.17. The molecular weight excluding hydrogens is 364 g/mol. The quantitative estimate of drug-likeness (QED) is 0.839. The van der Waals surface area contributed by atoms with Crippen LogP contribution in [0, 0.1) is 5.92 Å². The Balaban J connectivity index is 0.00000261. The lowest BCUT2D eigenvalue weighted by Gasteiger charge is -2.37. The highest BCUT2D eigenvalue weighted by Crippen LogP contribution is 2.32. The number of anilines is 1. The fraction of sp³-hybridized carbons (Fsp3) is 0.500. The van der Waals surface area contributed by atoms with Gasteiger partial charge in [-0.25, -0.2) is 0 Å². The molecule has 1 aromatic heterocycles. The second-order valence-corrected chi connectivity index (χ2v) is 7.80. The van der Waals surface area contributed by atoms with Crippen LogP contribution in [0.15, 0.2) is 30.5 Å². The second kappa shape index (κ2) is 8.31. The van der Waals surface area contributed by atoms with Crippen LogP contribution in [0.5, 0.6) is 0 Å². The number of nitrogens with two attached hydrogens (primary N) is 1. The van der Waals surface area contributed by atoms with Gasteiger partial charge in [0.25, 0.3) is 0 Å². The van der Waals surface area contributed by atoms with Gasteiger partial charge < -0.3 is 20.5 Å². The second-order valence-electron chi connectivity index (χ2n) is 7.80. The van der Waals surface area contributed by atoms with Crippen molar-refractivity contribution in [1.82, 2.24) is 9.47 Å². The fourth-order valence-electron chi connectivity index (χ4n) is 3.70. The minimum Gasteiger partial charge on any atom is -0.347 e. The zero-order valence-corrected chi connectivity index (χ0v) is 17.0. The molecule has 148 valence electrons. The predicted molar refractivity (Wildman–Crippen MR) is 111 cm³/mol. The maximum Gasteiger partial charge on any atom is 0.241 e. The van der Waals surface area contributed by atoms with Crippen LogP contribution < -0.4 is 11.1 Å². The molecule has 0 bridgehead atoms. The topological polar surface area (TPSA) is 80.4 Å². The lowest BCUT2D eigenvalue weighted by Crippen LogP contribution is -2.51. The summed E-state index contributed by atoms with van der Waals surface area (Å²) in [7, 11) is 3.49. The normalized spacial score (nSPS) is 22.1. The van der Waals surface area contributed by atoms with Gasteiger partial charge in [-0.3, -0.25) is 9.59 Å². The number of hydrogen-bond donors (Lipinski definition) is 2. The number of carbonyl (C=O) groups is 2. The van der Waals surface area contributed by atoms with E-state index in [-0.39, 0.29) is 36.7 Å². The molecule has 7 heteroatoms. The van der Waals surface area contributed by atoms with Crippen LogP contribution in [0.25, 0.3) is 10.9 Å². The Morgan fingerprint density at radius 2 is 2.04 bits per heavy atom. The fourth-order valence-corrected chi connectivity index (χ4v) is 3.70. The van der Waals surface area contributed by atoms with Gasteiger partial charge >= 0.3 is 0 Å². The van der Waals surface area contributed by atoms with Crippen LogP contribution in [0.3, 0.4) is 0 Å². The Kier molecular flexibility index (Phi) is 6.54. The van der Waals surface area contributed by atoms with Crippen LogP contribution in [0.4, 0.5) is 5.69 Å². The summed E-state index contributed by atoms with van der Waals surface area (Å²) in [5.41, 5.74) is 7.56. The summed E-state index contributed by atoms with van der Waals surface area (Å²) in [5.74, 6) is -0.163. The molecule has 2 amide bonds. The SMILES string of the molecule is CN(C)C(=O)Cn1ccc2ccc(NC(=O)C3CCCCC3(C)N)cc21.Cl. The lowest BCUT2D eigenvalue weighted by atomic mass is 9.74. The number of fused-ring (bicyclic) bond motifs is 1. The largest absolute Gasteiger partial charge is 0.347 e. The third-order valence-electron chi connectivity index (χ3n) is 5.42. The van der Waals surface area contributed by atoms with E-state index in [2.05, 4.69) is 5.32 Å². The lowest BCUT2D eigenvalue weighted by molar-refractivity contribution is -0.129. The Hall–Kier alpha value is -2.05. The van der Waals surface area contributed by atoms with E-state index >= 15 is 0 Å². The third-order valence-corrected chi connectivity index (χ3v) is 5.42. The molecule has 0 radical (unpaired) electrons. The highest BCUT2D eigenvalue weighted by Gasteiger charge is 2.37. The van der Waals surface area contributed by atoms with Gasteiger partial charge in [0.1, 0.15) is 6.54 Å². The van der Waals surface area contributed by atoms with E-state index in [1.807, 2.05) is 42.0 Å². The number of nitrogens with zero attached hydrogens (tertiary/aromatic N) is 2. The van der Waals surface area contributed by atoms with Gasteiger partial charge in [-0.15, -0.1) is 12.4 Å². The first-order valence-electron chi connectivity index (χ1n) is 9.17. The van der Waals surface area contributed by atoms with Crippen molar-refractivity contribution in [3.05, 3.63) is 30.5 Å². The average molecular weight is 393 g/mol. The number of rotatable bonds is 4. The van der Waals surface area contributed by atoms with Gasteiger partial charge in [0.05, 0.1) is 11.4 Å². The predicted octanol–water partition coefficient (Wildman–Crippen LogP) is 3.00. The summed E-state index contributed by atoms with van der Waals surface area (Å²) in [6.07, 6.45) is 5.72. The van der Waals surface area contributed by atoms with Crippen molar-refractivity contribution in [3.8, 4) is 0 Å². The molecule has 1 aliphatic carbocycles. The zero-order chi connectivity index (χ0) is 18.9. The van der Waals surface area contributed by atoms with Crippen molar-refractivity contribution >= 4 is 40.8 Å². The molecule has 1 aliphatic rings. The van der Waals surface area contributed by atoms with Crippen LogP contribution in [0.2, 0.25) is 0 Å². The first kappa shape index (κ1) is 21.3. The Morgan fingerprint density at radius 3 is 2.70 bits per heavy atom. The van der Waals surface area contributed by atoms with Gasteiger partial charge in [0.2, 0.25) is 11.8 Å². The molecule has 1 aromatic carbocycles. The minimum absolute atomic E-state index is 0. The molecule has 2 aromatic rings. The standard InChI is InChI=1S/C20H28N4O2.ClH/c1-20(21)10-5-4-6-16(20)19(26)22-15-8-7-14-9-11-24(17(14)12-15)13-18(25)23(2)3;/h7-9,11-12,16H,4-6,10,13,21H2,1-3H3,(H,22,26);1H. The molecule has 0 aliphatic heterocycles. The van der Waals surface area contributed by atoms with Gasteiger partial charge in [0.15, 0.2) is 0 Å². The molecule has 1 heterocycles. The van der Waals surface area contributed by atoms with E-state index in [1.165, 1.54) is 0 Å². The van der Waals surface area contributed by atoms with E-state index < -0.39 is 5.54 Å². The summed E-state index contributed by atoms with van der Waals surface area (Å²) < 4.78 is 1.90. The van der Waals surface area contributed by atoms with E-state index in [9.17, 15) is 9.59 Å². The van der Waals surface area contributed by atoms with Gasteiger partial charge in [-0.05, 0) is 43.4 Å². The van der Waals surface area contributed by atoms with Crippen molar-refractivity contribution in [1.29, 1.82) is 0 Å². The zero-order valence-electron chi connectivity index (χ0n) is 16.2. The molecule has 27 heavy (non-hydrogen) atoms. The highest BCUT2D eigenvalue weighted by atomic mass is 35.5. The van der Waals surface area contributed by atoms with Crippen molar-refractivity contribution in [2.24, 2.45) is 11.7 Å². The van der Waals surface area contributed by atoms with E-state index in [4.69, 9.17) is 5.73 Å². The average Bonchev–Trinajstić information content (AvgIpc) is 2.96. The molecule has 1 saturated carbocycles. The molecule has 3 N–H and O–H groups in total. The molecule has 2 unspecified atom stereocenters. The van der Waals surface area contributed by atoms with Gasteiger partial charge in [-0.1, -0.05) is 18.9 Å². The van der Waals surface area contributed by atoms with Crippen molar-refractivity contribution in [2.45, 2.75) is 44.7 Å². The Labute approximate surface area is 166 Å². The first-order chi connectivity index (χ1) is 12.3. The summed E-state index contributed by atoms with van der Waals surface area (Å²) in [4.78, 5) is 26.3. The Bertz CT molecular complexity index is 828. The van der Waals surface area contributed by atoms with Crippen LogP contribution in [-0.4, -0.2) is 40.9 Å². The number of carbonyl (C=O) groups excluding carboxylic acids is 2. The summed E-state index contributed by atoms with van der Waals surface area (Å²) in [6, 6.07) is 7.76. The molecule has 0 spiro atoms. The number of likely N-dealkylation sites (N-methyl/N-ethyl adjacent to an activating group) is 1. The van der Waals surface area contributed by atoms with Crippen molar-refractivity contribution in [2.75, 3.05) is 19.4 Å². The number of nitrogens with one attached hydrogen (secondary N) is 1. The molecule has 6 nitrogen and oxygen atoms in total. The number of amides is 2. The number of halogens is 1. The summed E-state index contributed by atoms with van der Waals surface area (Å²) in [6.45, 7) is 2.25. The van der Waals surface area contributed by atoms with E-state index in [1.54, 1.807) is 19.0 Å². The Morgan fingerprint density at radius 1 is 1.30 bits per heavy atom. The van der Waals surface area contributed by atoms with Crippen LogP contribution in [-0.2, 0) is 16.1 Å².